The molecule has 0 heterocycles. The molecule has 24 heavy (non-hydrogen) atoms. The number of carboxylic acid groups (broad SMARTS) is 1. The number of hydrogen-bond acceptors (Lipinski definition) is 6. The minimum absolute atomic E-state index is 0.705. The average molecular weight is 348 g/mol. The molecule has 9 nitrogen and oxygen atoms in total. The van der Waals surface area contributed by atoms with Crippen LogP contribution in [-0.4, -0.2) is 63.2 Å². The number of carboxylic acids is 1. The number of ether oxygens (including phenoxy) is 1. The molecule has 0 bridgehead atoms. The highest BCUT2D eigenvalue weighted by atomic mass is 16.6. The van der Waals surface area contributed by atoms with Crippen molar-refractivity contribution in [3.63, 3.8) is 0 Å². The lowest BCUT2D eigenvalue weighted by molar-refractivity contribution is -0.146. The number of aliphatic hydroxyl groups is 2. The van der Waals surface area contributed by atoms with Crippen LogP contribution in [0.3, 0.4) is 0 Å². The number of alkyl carbamates (subject to hydrolysis) is 1. The molecule has 0 aromatic rings. The molecule has 0 fully saturated rings. The minimum Gasteiger partial charge on any atom is -0.480 e. The number of nitrogens with one attached hydrogen (secondary N) is 2. The quantitative estimate of drug-likeness (QED) is 0.430. The SMILES string of the molecule is C[C@H](C(=O)N[C@H](C(=O)O)[C@@H](C)O)[C@H](O)[C@@H](C)NC(=O)OC(C)(C)C. The molecule has 0 unspecified atom stereocenters. The normalized spacial score (nSPS) is 17.8. The van der Waals surface area contributed by atoms with Gasteiger partial charge in [-0.3, -0.25) is 4.79 Å². The first-order valence-electron chi connectivity index (χ1n) is 7.65. The summed E-state index contributed by atoms with van der Waals surface area (Å²) in [5, 5.41) is 33.0. The van der Waals surface area contributed by atoms with Crippen molar-refractivity contribution in [3.05, 3.63) is 0 Å². The topological polar surface area (TPSA) is 145 Å². The van der Waals surface area contributed by atoms with E-state index < -0.39 is 53.8 Å². The van der Waals surface area contributed by atoms with Gasteiger partial charge in [0.25, 0.3) is 0 Å². The third-order valence-corrected chi connectivity index (χ3v) is 3.23. The van der Waals surface area contributed by atoms with E-state index in [1.54, 1.807) is 20.8 Å². The van der Waals surface area contributed by atoms with Gasteiger partial charge in [0.05, 0.1) is 24.2 Å². The first-order chi connectivity index (χ1) is 10.8. The molecule has 0 aromatic heterocycles. The van der Waals surface area contributed by atoms with Crippen LogP contribution in [0.15, 0.2) is 0 Å². The van der Waals surface area contributed by atoms with Gasteiger partial charge in [-0.05, 0) is 34.6 Å². The predicted octanol–water partition coefficient (Wildman–Crippen LogP) is -0.153. The molecule has 5 N–H and O–H groups in total. The predicted molar refractivity (Wildman–Crippen MR) is 85.2 cm³/mol. The molecular formula is C15H28N2O7. The summed E-state index contributed by atoms with van der Waals surface area (Å²) >= 11 is 0. The van der Waals surface area contributed by atoms with E-state index in [9.17, 15) is 24.6 Å². The lowest BCUT2D eigenvalue weighted by Gasteiger charge is -2.28. The second-order valence-corrected chi connectivity index (χ2v) is 6.78. The van der Waals surface area contributed by atoms with E-state index in [1.807, 2.05) is 0 Å². The Morgan fingerprint density at radius 2 is 1.50 bits per heavy atom. The summed E-state index contributed by atoms with van der Waals surface area (Å²) in [6, 6.07) is -2.29. The molecule has 0 aliphatic heterocycles. The van der Waals surface area contributed by atoms with Crippen LogP contribution in [0.2, 0.25) is 0 Å². The molecule has 0 radical (unpaired) electrons. The fraction of sp³-hybridized carbons (Fsp3) is 0.800. The van der Waals surface area contributed by atoms with E-state index in [-0.39, 0.29) is 0 Å². The summed E-state index contributed by atoms with van der Waals surface area (Å²) in [5.74, 6) is -3.16. The Morgan fingerprint density at radius 3 is 1.88 bits per heavy atom. The van der Waals surface area contributed by atoms with Crippen molar-refractivity contribution in [1.29, 1.82) is 0 Å². The summed E-state index contributed by atoms with van der Waals surface area (Å²) in [6.45, 7) is 9.16. The van der Waals surface area contributed by atoms with Crippen LogP contribution in [0.25, 0.3) is 0 Å². The second kappa shape index (κ2) is 8.84. The van der Waals surface area contributed by atoms with E-state index in [0.717, 1.165) is 0 Å². The summed E-state index contributed by atoms with van der Waals surface area (Å²) in [5.41, 5.74) is -0.705. The molecule has 2 amide bonds. The van der Waals surface area contributed by atoms with Crippen LogP contribution < -0.4 is 10.6 Å². The number of rotatable bonds is 7. The molecule has 5 atom stereocenters. The highest BCUT2D eigenvalue weighted by Crippen LogP contribution is 2.11. The van der Waals surface area contributed by atoms with Crippen LogP contribution >= 0.6 is 0 Å². The second-order valence-electron chi connectivity index (χ2n) is 6.78. The number of hydrogen-bond donors (Lipinski definition) is 5. The van der Waals surface area contributed by atoms with Crippen LogP contribution in [-0.2, 0) is 14.3 Å². The third-order valence-electron chi connectivity index (χ3n) is 3.23. The summed E-state index contributed by atoms with van der Waals surface area (Å²) in [6.07, 6.45) is -3.32. The molecule has 0 aromatic carbocycles. The van der Waals surface area contributed by atoms with Crippen molar-refractivity contribution < 1.29 is 34.4 Å². The van der Waals surface area contributed by atoms with Gasteiger partial charge in [0, 0.05) is 0 Å². The van der Waals surface area contributed by atoms with E-state index in [2.05, 4.69) is 10.6 Å². The average Bonchev–Trinajstić information content (AvgIpc) is 2.39. The zero-order valence-electron chi connectivity index (χ0n) is 14.9. The maximum Gasteiger partial charge on any atom is 0.407 e. The smallest absolute Gasteiger partial charge is 0.407 e. The van der Waals surface area contributed by atoms with Gasteiger partial charge >= 0.3 is 12.1 Å². The van der Waals surface area contributed by atoms with Crippen molar-refractivity contribution in [2.45, 2.75) is 71.4 Å². The lowest BCUT2D eigenvalue weighted by atomic mass is 9.97. The van der Waals surface area contributed by atoms with Crippen LogP contribution in [0, 0.1) is 5.92 Å². The minimum atomic E-state index is -1.48. The summed E-state index contributed by atoms with van der Waals surface area (Å²) in [7, 11) is 0. The van der Waals surface area contributed by atoms with Crippen LogP contribution in [0.1, 0.15) is 41.5 Å². The summed E-state index contributed by atoms with van der Waals surface area (Å²) in [4.78, 5) is 34.7. The first-order valence-corrected chi connectivity index (χ1v) is 7.65. The van der Waals surface area contributed by atoms with Crippen molar-refractivity contribution in [2.75, 3.05) is 0 Å². The van der Waals surface area contributed by atoms with Crippen molar-refractivity contribution in [1.82, 2.24) is 10.6 Å². The van der Waals surface area contributed by atoms with Gasteiger partial charge < -0.3 is 30.7 Å². The third kappa shape index (κ3) is 7.60. The number of aliphatic hydroxyl groups excluding tert-OH is 2. The standard InChI is InChI=1S/C15H28N2O7/c1-7(12(20)17-10(9(3)18)13(21)22)11(19)8(2)16-14(23)24-15(4,5)6/h7-11,18-19H,1-6H3,(H,16,23)(H,17,20)(H,21,22)/t7-,8+,9+,10-,11-/m0/s1. The zero-order chi connectivity index (χ0) is 19.2. The van der Waals surface area contributed by atoms with Crippen molar-refractivity contribution >= 4 is 18.0 Å². The number of carbonyl (C=O) groups excluding carboxylic acids is 2. The van der Waals surface area contributed by atoms with Gasteiger partial charge in [-0.2, -0.15) is 0 Å². The van der Waals surface area contributed by atoms with Gasteiger partial charge in [0.1, 0.15) is 5.60 Å². The molecule has 0 saturated heterocycles. The van der Waals surface area contributed by atoms with E-state index in [1.165, 1.54) is 20.8 Å². The fourth-order valence-corrected chi connectivity index (χ4v) is 1.84. The largest absolute Gasteiger partial charge is 0.480 e. The van der Waals surface area contributed by atoms with Gasteiger partial charge in [-0.15, -0.1) is 0 Å². The molecular weight excluding hydrogens is 320 g/mol. The van der Waals surface area contributed by atoms with Gasteiger partial charge in [-0.1, -0.05) is 6.92 Å². The van der Waals surface area contributed by atoms with E-state index in [0.29, 0.717) is 0 Å². The van der Waals surface area contributed by atoms with Crippen LogP contribution in [0.5, 0.6) is 0 Å². The lowest BCUT2D eigenvalue weighted by Crippen LogP contribution is -2.53. The zero-order valence-corrected chi connectivity index (χ0v) is 14.9. The van der Waals surface area contributed by atoms with Crippen LogP contribution in [0.4, 0.5) is 4.79 Å². The number of aliphatic carboxylic acids is 1. The maximum absolute atomic E-state index is 12.0. The fourth-order valence-electron chi connectivity index (χ4n) is 1.84. The Labute approximate surface area is 141 Å². The van der Waals surface area contributed by atoms with E-state index in [4.69, 9.17) is 9.84 Å². The molecule has 140 valence electrons. The first kappa shape index (κ1) is 22.1. The molecule has 0 saturated carbocycles. The molecule has 0 aliphatic carbocycles. The monoisotopic (exact) mass is 348 g/mol. The maximum atomic E-state index is 12.0. The Bertz CT molecular complexity index is 459. The number of carbonyl (C=O) groups is 3. The Morgan fingerprint density at radius 1 is 1.00 bits per heavy atom. The van der Waals surface area contributed by atoms with E-state index >= 15 is 0 Å². The highest BCUT2D eigenvalue weighted by molar-refractivity contribution is 5.85. The van der Waals surface area contributed by atoms with Gasteiger partial charge in [0.2, 0.25) is 5.91 Å². The Kier molecular flexibility index (Phi) is 8.15. The van der Waals surface area contributed by atoms with Crippen molar-refractivity contribution in [2.24, 2.45) is 5.92 Å². The summed E-state index contributed by atoms with van der Waals surface area (Å²) < 4.78 is 5.05. The van der Waals surface area contributed by atoms with Crippen molar-refractivity contribution in [3.8, 4) is 0 Å². The van der Waals surface area contributed by atoms with Gasteiger partial charge in [0.15, 0.2) is 6.04 Å². The molecule has 0 spiro atoms. The Hall–Kier alpha value is -1.87. The van der Waals surface area contributed by atoms with Gasteiger partial charge in [-0.25, -0.2) is 9.59 Å². The Balaban J connectivity index is 4.73. The highest BCUT2D eigenvalue weighted by Gasteiger charge is 2.32. The molecule has 0 rings (SSSR count). The molecule has 0 aliphatic rings. The number of amides is 2. The molecule has 9 heteroatoms.